The van der Waals surface area contributed by atoms with Gasteiger partial charge in [-0.05, 0) is 45.3 Å². The standard InChI is InChI=1S/C13H22N2O2/c1-3-14-12(16)10-8-6-5-7-9-11-13(17)15-4-2/h8-11H,3-7H2,1-2H3,(H,14,16)(H,15,17). The van der Waals surface area contributed by atoms with Crippen LogP contribution in [0, 0.1) is 0 Å². The average Bonchev–Trinajstić information content (AvgIpc) is 2.28. The Balaban J connectivity index is 3.52. The third-order valence-corrected chi connectivity index (χ3v) is 1.98. The second-order valence-corrected chi connectivity index (χ2v) is 3.52. The molecule has 0 aliphatic carbocycles. The number of amides is 2. The first-order valence-electron chi connectivity index (χ1n) is 6.09. The van der Waals surface area contributed by atoms with Crippen molar-refractivity contribution in [2.24, 2.45) is 0 Å². The highest BCUT2D eigenvalue weighted by atomic mass is 16.2. The van der Waals surface area contributed by atoms with Gasteiger partial charge in [0, 0.05) is 13.1 Å². The van der Waals surface area contributed by atoms with Gasteiger partial charge in [-0.25, -0.2) is 0 Å². The minimum Gasteiger partial charge on any atom is -0.353 e. The third kappa shape index (κ3) is 10.7. The molecule has 0 heterocycles. The summed E-state index contributed by atoms with van der Waals surface area (Å²) >= 11 is 0. The molecule has 0 aromatic rings. The van der Waals surface area contributed by atoms with Crippen LogP contribution in [0.1, 0.15) is 33.1 Å². The Morgan fingerprint density at radius 2 is 1.29 bits per heavy atom. The molecule has 0 saturated heterocycles. The van der Waals surface area contributed by atoms with Crippen molar-refractivity contribution in [2.75, 3.05) is 13.1 Å². The lowest BCUT2D eigenvalue weighted by Gasteiger charge is -1.95. The van der Waals surface area contributed by atoms with Gasteiger partial charge in [-0.1, -0.05) is 12.2 Å². The molecular weight excluding hydrogens is 216 g/mol. The summed E-state index contributed by atoms with van der Waals surface area (Å²) in [6, 6.07) is 0. The van der Waals surface area contributed by atoms with Gasteiger partial charge in [-0.15, -0.1) is 0 Å². The Hall–Kier alpha value is -1.58. The smallest absolute Gasteiger partial charge is 0.243 e. The van der Waals surface area contributed by atoms with E-state index in [0.29, 0.717) is 13.1 Å². The van der Waals surface area contributed by atoms with Gasteiger partial charge < -0.3 is 10.6 Å². The van der Waals surface area contributed by atoms with Crippen LogP contribution in [0.2, 0.25) is 0 Å². The van der Waals surface area contributed by atoms with Crippen LogP contribution in [-0.4, -0.2) is 24.9 Å². The van der Waals surface area contributed by atoms with Gasteiger partial charge in [0.2, 0.25) is 11.8 Å². The minimum absolute atomic E-state index is 0.0506. The molecule has 0 bridgehead atoms. The molecule has 2 N–H and O–H groups in total. The third-order valence-electron chi connectivity index (χ3n) is 1.98. The zero-order valence-electron chi connectivity index (χ0n) is 10.7. The molecule has 0 aliphatic heterocycles. The molecule has 96 valence electrons. The fourth-order valence-corrected chi connectivity index (χ4v) is 1.20. The van der Waals surface area contributed by atoms with Crippen molar-refractivity contribution < 1.29 is 9.59 Å². The predicted octanol–water partition coefficient (Wildman–Crippen LogP) is 1.54. The van der Waals surface area contributed by atoms with Crippen molar-refractivity contribution in [2.45, 2.75) is 33.1 Å². The summed E-state index contributed by atoms with van der Waals surface area (Å²) in [6.45, 7) is 5.08. The first kappa shape index (κ1) is 15.4. The van der Waals surface area contributed by atoms with Crippen LogP contribution in [0.4, 0.5) is 0 Å². The summed E-state index contributed by atoms with van der Waals surface area (Å²) in [4.78, 5) is 22.1. The zero-order valence-corrected chi connectivity index (χ0v) is 10.7. The Morgan fingerprint density at radius 3 is 1.65 bits per heavy atom. The van der Waals surface area contributed by atoms with Crippen LogP contribution >= 0.6 is 0 Å². The Morgan fingerprint density at radius 1 is 0.882 bits per heavy atom. The summed E-state index contributed by atoms with van der Waals surface area (Å²) in [5.74, 6) is -0.101. The maximum atomic E-state index is 11.0. The number of rotatable bonds is 8. The maximum Gasteiger partial charge on any atom is 0.243 e. The van der Waals surface area contributed by atoms with Gasteiger partial charge in [0.25, 0.3) is 0 Å². The predicted molar refractivity (Wildman–Crippen MR) is 69.5 cm³/mol. The fourth-order valence-electron chi connectivity index (χ4n) is 1.20. The average molecular weight is 238 g/mol. The topological polar surface area (TPSA) is 58.2 Å². The molecule has 4 heteroatoms. The number of hydrogen-bond acceptors (Lipinski definition) is 2. The monoisotopic (exact) mass is 238 g/mol. The molecule has 0 aromatic carbocycles. The number of allylic oxidation sites excluding steroid dienone is 2. The molecule has 0 atom stereocenters. The quantitative estimate of drug-likeness (QED) is 0.498. The van der Waals surface area contributed by atoms with E-state index < -0.39 is 0 Å². The number of hydrogen-bond donors (Lipinski definition) is 2. The lowest BCUT2D eigenvalue weighted by atomic mass is 10.2. The van der Waals surface area contributed by atoms with Gasteiger partial charge >= 0.3 is 0 Å². The van der Waals surface area contributed by atoms with Crippen molar-refractivity contribution in [3.05, 3.63) is 24.3 Å². The van der Waals surface area contributed by atoms with Gasteiger partial charge in [0.1, 0.15) is 0 Å². The highest BCUT2D eigenvalue weighted by molar-refractivity contribution is 5.87. The van der Waals surface area contributed by atoms with E-state index >= 15 is 0 Å². The summed E-state index contributed by atoms with van der Waals surface area (Å²) in [7, 11) is 0. The normalized spacial score (nSPS) is 10.9. The first-order valence-corrected chi connectivity index (χ1v) is 6.09. The summed E-state index contributed by atoms with van der Waals surface area (Å²) < 4.78 is 0. The van der Waals surface area contributed by atoms with E-state index in [4.69, 9.17) is 0 Å². The summed E-state index contributed by atoms with van der Waals surface area (Å²) in [5.41, 5.74) is 0. The van der Waals surface area contributed by atoms with E-state index in [9.17, 15) is 9.59 Å². The molecule has 0 aliphatic rings. The largest absolute Gasteiger partial charge is 0.353 e. The number of likely N-dealkylation sites (N-methyl/N-ethyl adjacent to an activating group) is 2. The molecule has 0 spiro atoms. The minimum atomic E-state index is -0.0506. The summed E-state index contributed by atoms with van der Waals surface area (Å²) in [6.07, 6.45) is 9.43. The van der Waals surface area contributed by atoms with E-state index in [1.165, 1.54) is 0 Å². The maximum absolute atomic E-state index is 11.0. The van der Waals surface area contributed by atoms with Crippen LogP contribution in [0.15, 0.2) is 24.3 Å². The van der Waals surface area contributed by atoms with E-state index in [1.54, 1.807) is 12.2 Å². The molecular formula is C13H22N2O2. The van der Waals surface area contributed by atoms with Crippen LogP contribution in [0.5, 0.6) is 0 Å². The van der Waals surface area contributed by atoms with Crippen molar-refractivity contribution >= 4 is 11.8 Å². The van der Waals surface area contributed by atoms with E-state index in [0.717, 1.165) is 19.3 Å². The van der Waals surface area contributed by atoms with Gasteiger partial charge in [-0.2, -0.15) is 0 Å². The Bertz CT molecular complexity index is 255. The highest BCUT2D eigenvalue weighted by Crippen LogP contribution is 1.97. The van der Waals surface area contributed by atoms with Gasteiger partial charge in [0.15, 0.2) is 0 Å². The number of unbranched alkanes of at least 4 members (excludes halogenated alkanes) is 2. The number of carbonyl (C=O) groups excluding carboxylic acids is 2. The SMILES string of the molecule is CCNC(=O)C=CCCCC=CC(=O)NCC. The van der Waals surface area contributed by atoms with Crippen LogP contribution < -0.4 is 10.6 Å². The van der Waals surface area contributed by atoms with Crippen molar-refractivity contribution in [1.29, 1.82) is 0 Å². The fraction of sp³-hybridized carbons (Fsp3) is 0.538. The van der Waals surface area contributed by atoms with Gasteiger partial charge in [0.05, 0.1) is 0 Å². The van der Waals surface area contributed by atoms with E-state index in [1.807, 2.05) is 26.0 Å². The van der Waals surface area contributed by atoms with Crippen LogP contribution in [0.3, 0.4) is 0 Å². The lowest BCUT2D eigenvalue weighted by molar-refractivity contribution is -0.117. The molecule has 0 saturated carbocycles. The Kier molecular flexibility index (Phi) is 9.91. The zero-order chi connectivity index (χ0) is 12.9. The second-order valence-electron chi connectivity index (χ2n) is 3.52. The van der Waals surface area contributed by atoms with Crippen molar-refractivity contribution in [3.8, 4) is 0 Å². The summed E-state index contributed by atoms with van der Waals surface area (Å²) in [5, 5.41) is 5.37. The molecule has 4 nitrogen and oxygen atoms in total. The molecule has 0 fully saturated rings. The molecule has 0 aromatic heterocycles. The highest BCUT2D eigenvalue weighted by Gasteiger charge is 1.91. The Labute approximate surface area is 103 Å². The number of nitrogens with one attached hydrogen (secondary N) is 2. The first-order chi connectivity index (χ1) is 8.20. The molecule has 0 radical (unpaired) electrons. The van der Waals surface area contributed by atoms with Crippen molar-refractivity contribution in [1.82, 2.24) is 10.6 Å². The van der Waals surface area contributed by atoms with Crippen LogP contribution in [0.25, 0.3) is 0 Å². The van der Waals surface area contributed by atoms with E-state index in [-0.39, 0.29) is 11.8 Å². The lowest BCUT2D eigenvalue weighted by Crippen LogP contribution is -2.19. The van der Waals surface area contributed by atoms with Crippen molar-refractivity contribution in [3.63, 3.8) is 0 Å². The second kappa shape index (κ2) is 10.9. The molecule has 17 heavy (non-hydrogen) atoms. The number of carbonyl (C=O) groups is 2. The molecule has 0 unspecified atom stereocenters. The van der Waals surface area contributed by atoms with Gasteiger partial charge in [-0.3, -0.25) is 9.59 Å². The van der Waals surface area contributed by atoms with Crippen LogP contribution in [-0.2, 0) is 9.59 Å². The molecule has 0 rings (SSSR count). The van der Waals surface area contributed by atoms with E-state index in [2.05, 4.69) is 10.6 Å². The molecule has 2 amide bonds.